The first-order valence-corrected chi connectivity index (χ1v) is 11.1. The lowest BCUT2D eigenvalue weighted by Crippen LogP contribution is -2.61. The molecule has 1 saturated heterocycles. The van der Waals surface area contributed by atoms with Crippen LogP contribution in [0.3, 0.4) is 0 Å². The number of aromatic nitrogens is 3. The Bertz CT molecular complexity index is 989. The van der Waals surface area contributed by atoms with E-state index in [-0.39, 0.29) is 36.6 Å². The van der Waals surface area contributed by atoms with Gasteiger partial charge in [-0.3, -0.25) is 0 Å². The summed E-state index contributed by atoms with van der Waals surface area (Å²) in [6.07, 6.45) is 1.74. The average Bonchev–Trinajstić information content (AvgIpc) is 3.15. The summed E-state index contributed by atoms with van der Waals surface area (Å²) in [6, 6.07) is 1.08. The molecule has 176 valence electrons. The number of hydrogen-bond donors (Lipinski definition) is 1. The number of esters is 1. The fourth-order valence-electron chi connectivity index (χ4n) is 3.74. The molecule has 0 spiro atoms. The fourth-order valence-corrected chi connectivity index (χ4v) is 3.93. The average molecular weight is 468 g/mol. The maximum Gasteiger partial charge on any atom is 0.410 e. The zero-order valence-electron chi connectivity index (χ0n) is 19.0. The Morgan fingerprint density at radius 2 is 1.97 bits per heavy atom. The van der Waals surface area contributed by atoms with E-state index in [0.29, 0.717) is 24.3 Å². The zero-order chi connectivity index (χ0) is 23.6. The maximum absolute atomic E-state index is 12.8. The van der Waals surface area contributed by atoms with E-state index in [1.54, 1.807) is 17.9 Å². The van der Waals surface area contributed by atoms with Crippen molar-refractivity contribution >= 4 is 35.0 Å². The van der Waals surface area contributed by atoms with Gasteiger partial charge in [0.2, 0.25) is 0 Å². The molecule has 11 heteroatoms. The van der Waals surface area contributed by atoms with Gasteiger partial charge in [-0.25, -0.2) is 19.1 Å². The molecule has 2 aromatic rings. The summed E-state index contributed by atoms with van der Waals surface area (Å²) in [5, 5.41) is 14.6. The van der Waals surface area contributed by atoms with Crippen molar-refractivity contribution in [3.05, 3.63) is 23.1 Å². The van der Waals surface area contributed by atoms with Crippen LogP contribution in [0, 0.1) is 0 Å². The van der Waals surface area contributed by atoms with Crippen molar-refractivity contribution in [3.8, 4) is 0 Å². The van der Waals surface area contributed by atoms with Gasteiger partial charge in [0.15, 0.2) is 16.5 Å². The molecule has 32 heavy (non-hydrogen) atoms. The van der Waals surface area contributed by atoms with Gasteiger partial charge in [-0.05, 0) is 34.1 Å². The number of carbonyl (C=O) groups excluding carboxylic acids is 2. The molecule has 0 saturated carbocycles. The molecule has 1 N–H and O–H groups in total. The maximum atomic E-state index is 12.8. The third-order valence-corrected chi connectivity index (χ3v) is 5.36. The van der Waals surface area contributed by atoms with Crippen molar-refractivity contribution in [3.63, 3.8) is 0 Å². The number of hydrogen-bond acceptors (Lipinski definition) is 8. The monoisotopic (exact) mass is 467 g/mol. The minimum Gasteiger partial charge on any atom is -0.461 e. The second-order valence-electron chi connectivity index (χ2n) is 8.65. The molecular weight excluding hydrogens is 438 g/mol. The van der Waals surface area contributed by atoms with Crippen molar-refractivity contribution < 1.29 is 24.2 Å². The summed E-state index contributed by atoms with van der Waals surface area (Å²) in [7, 11) is 0. The highest BCUT2D eigenvalue weighted by Crippen LogP contribution is 2.30. The summed E-state index contributed by atoms with van der Waals surface area (Å²) in [5.41, 5.74) is 0.520. The highest BCUT2D eigenvalue weighted by atomic mass is 35.5. The number of piperazine rings is 1. The minimum absolute atomic E-state index is 0.114. The molecule has 2 aromatic heterocycles. The SMILES string of the molecule is CCOC(=O)c1cn2nc(Cl)cc(N3C[C@@H](CC)N(C(=O)OC(C)(C)C)C[C@@H]3CO)c2n1. The van der Waals surface area contributed by atoms with Crippen LogP contribution in [0.1, 0.15) is 51.5 Å². The normalized spacial score (nSPS) is 19.3. The lowest BCUT2D eigenvalue weighted by Gasteiger charge is -2.46. The molecule has 3 rings (SSSR count). The third kappa shape index (κ3) is 5.07. The second kappa shape index (κ2) is 9.50. The Morgan fingerprint density at radius 1 is 1.25 bits per heavy atom. The largest absolute Gasteiger partial charge is 0.461 e. The van der Waals surface area contributed by atoms with E-state index in [4.69, 9.17) is 21.1 Å². The quantitative estimate of drug-likeness (QED) is 0.668. The van der Waals surface area contributed by atoms with Gasteiger partial charge < -0.3 is 24.4 Å². The van der Waals surface area contributed by atoms with Crippen molar-refractivity contribution in [2.45, 2.75) is 58.7 Å². The first-order valence-electron chi connectivity index (χ1n) is 10.7. The van der Waals surface area contributed by atoms with Gasteiger partial charge in [-0.2, -0.15) is 5.10 Å². The van der Waals surface area contributed by atoms with Crippen LogP contribution in [0.15, 0.2) is 12.3 Å². The van der Waals surface area contributed by atoms with Crippen LogP contribution < -0.4 is 4.90 Å². The van der Waals surface area contributed by atoms with Gasteiger partial charge in [0.25, 0.3) is 0 Å². The Morgan fingerprint density at radius 3 is 2.56 bits per heavy atom. The molecule has 1 fully saturated rings. The number of fused-ring (bicyclic) bond motifs is 1. The van der Waals surface area contributed by atoms with Crippen molar-refractivity contribution in [2.24, 2.45) is 0 Å². The fraction of sp³-hybridized carbons (Fsp3) is 0.619. The lowest BCUT2D eigenvalue weighted by molar-refractivity contribution is 0.00778. The number of rotatable bonds is 5. The van der Waals surface area contributed by atoms with E-state index in [1.165, 1.54) is 10.7 Å². The standard InChI is InChI=1S/C21H30ClN5O5/c1-6-13-9-25(14(12-28)10-26(13)20(30)32-21(3,4)5)16-8-17(22)24-27-11-15(23-18(16)27)19(29)31-7-2/h8,11,13-14,28H,6-7,9-10,12H2,1-5H3/t13-,14-/m1/s1. The van der Waals surface area contributed by atoms with Crippen molar-refractivity contribution in [1.29, 1.82) is 0 Å². The number of nitrogens with zero attached hydrogens (tertiary/aromatic N) is 5. The Balaban J connectivity index is 1.98. The summed E-state index contributed by atoms with van der Waals surface area (Å²) >= 11 is 6.26. The number of amides is 1. The molecule has 0 aromatic carbocycles. The molecule has 2 atom stereocenters. The Hall–Kier alpha value is -2.59. The van der Waals surface area contributed by atoms with Crippen LogP contribution in [0.25, 0.3) is 5.65 Å². The number of imidazole rings is 1. The predicted molar refractivity (Wildman–Crippen MR) is 119 cm³/mol. The van der Waals surface area contributed by atoms with Crippen molar-refractivity contribution in [1.82, 2.24) is 19.5 Å². The van der Waals surface area contributed by atoms with E-state index in [0.717, 1.165) is 0 Å². The number of anilines is 1. The smallest absolute Gasteiger partial charge is 0.410 e. The summed E-state index contributed by atoms with van der Waals surface area (Å²) in [6.45, 7) is 9.89. The first kappa shape index (κ1) is 24.1. The second-order valence-corrected chi connectivity index (χ2v) is 9.04. The topological polar surface area (TPSA) is 110 Å². The van der Waals surface area contributed by atoms with Gasteiger partial charge >= 0.3 is 12.1 Å². The molecule has 0 radical (unpaired) electrons. The number of aliphatic hydroxyl groups is 1. The van der Waals surface area contributed by atoms with Gasteiger partial charge in [0.1, 0.15) is 5.60 Å². The number of carbonyl (C=O) groups is 2. The molecule has 1 aliphatic heterocycles. The lowest BCUT2D eigenvalue weighted by atomic mass is 10.0. The van der Waals surface area contributed by atoms with Crippen LogP contribution in [-0.4, -0.2) is 80.7 Å². The van der Waals surface area contributed by atoms with Gasteiger partial charge in [-0.1, -0.05) is 18.5 Å². The summed E-state index contributed by atoms with van der Waals surface area (Å²) < 4.78 is 12.0. The molecule has 1 amide bonds. The van der Waals surface area contributed by atoms with Crippen LogP contribution >= 0.6 is 11.6 Å². The number of ether oxygens (including phenoxy) is 2. The van der Waals surface area contributed by atoms with E-state index in [2.05, 4.69) is 10.1 Å². The molecule has 3 heterocycles. The predicted octanol–water partition coefficient (Wildman–Crippen LogP) is 2.76. The molecule has 1 aliphatic rings. The zero-order valence-corrected chi connectivity index (χ0v) is 19.8. The third-order valence-electron chi connectivity index (χ3n) is 5.18. The van der Waals surface area contributed by atoms with Crippen LogP contribution in [0.4, 0.5) is 10.5 Å². The van der Waals surface area contributed by atoms with Gasteiger partial charge in [0, 0.05) is 19.2 Å². The molecule has 0 unspecified atom stereocenters. The van der Waals surface area contributed by atoms with E-state index >= 15 is 0 Å². The van der Waals surface area contributed by atoms with Crippen molar-refractivity contribution in [2.75, 3.05) is 31.2 Å². The summed E-state index contributed by atoms with van der Waals surface area (Å²) in [4.78, 5) is 33.0. The Labute approximate surface area is 192 Å². The van der Waals surface area contributed by atoms with Crippen LogP contribution in [0.2, 0.25) is 5.15 Å². The first-order chi connectivity index (χ1) is 15.1. The van der Waals surface area contributed by atoms with Gasteiger partial charge in [0.05, 0.1) is 37.2 Å². The Kier molecular flexibility index (Phi) is 7.14. The van der Waals surface area contributed by atoms with E-state index < -0.39 is 23.7 Å². The molecule has 0 aliphatic carbocycles. The number of aliphatic hydroxyl groups excluding tert-OH is 1. The van der Waals surface area contributed by atoms with Crippen LogP contribution in [-0.2, 0) is 9.47 Å². The van der Waals surface area contributed by atoms with E-state index in [1.807, 2.05) is 32.6 Å². The number of halogens is 1. The summed E-state index contributed by atoms with van der Waals surface area (Å²) in [5.74, 6) is -0.556. The molecule has 10 nitrogen and oxygen atoms in total. The van der Waals surface area contributed by atoms with Crippen LogP contribution in [0.5, 0.6) is 0 Å². The van der Waals surface area contributed by atoms with Gasteiger partial charge in [-0.15, -0.1) is 0 Å². The highest BCUT2D eigenvalue weighted by molar-refractivity contribution is 6.29. The minimum atomic E-state index is -0.620. The molecule has 0 bridgehead atoms. The molecular formula is C21H30ClN5O5. The highest BCUT2D eigenvalue weighted by Gasteiger charge is 2.38. The van der Waals surface area contributed by atoms with E-state index in [9.17, 15) is 14.7 Å².